The van der Waals surface area contributed by atoms with Crippen LogP contribution in [0.4, 0.5) is 22.0 Å². The maximum atomic E-state index is 12.4. The molecule has 0 aliphatic rings. The van der Waals surface area contributed by atoms with Crippen LogP contribution in [0.3, 0.4) is 0 Å². The van der Waals surface area contributed by atoms with Gasteiger partial charge in [0.15, 0.2) is 0 Å². The van der Waals surface area contributed by atoms with Gasteiger partial charge in [0, 0.05) is 6.42 Å². The van der Waals surface area contributed by atoms with Gasteiger partial charge in [-0.25, -0.2) is 8.42 Å². The van der Waals surface area contributed by atoms with E-state index in [0.29, 0.717) is 0 Å². The van der Waals surface area contributed by atoms with Gasteiger partial charge in [0.05, 0.1) is 11.5 Å². The van der Waals surface area contributed by atoms with Gasteiger partial charge in [-0.2, -0.15) is 22.0 Å². The smallest absolute Gasteiger partial charge is 0.330 e. The number of halogens is 5. The highest BCUT2D eigenvalue weighted by Gasteiger charge is 2.56. The lowest BCUT2D eigenvalue weighted by Crippen LogP contribution is -2.36. The van der Waals surface area contributed by atoms with Crippen molar-refractivity contribution in [2.45, 2.75) is 31.4 Å². The number of nitrogens with two attached hydrogens (primary N) is 1. The lowest BCUT2D eigenvalue weighted by Gasteiger charge is -2.19. The van der Waals surface area contributed by atoms with Crippen molar-refractivity contribution < 1.29 is 30.4 Å². The Morgan fingerprint density at radius 3 is 1.82 bits per heavy atom. The van der Waals surface area contributed by atoms with Crippen molar-refractivity contribution in [2.24, 2.45) is 5.73 Å². The Labute approximate surface area is 96.1 Å². The molecule has 17 heavy (non-hydrogen) atoms. The minimum Gasteiger partial charge on any atom is -0.330 e. The molecule has 0 amide bonds. The van der Waals surface area contributed by atoms with Crippen molar-refractivity contribution in [2.75, 3.05) is 18.1 Å². The zero-order valence-corrected chi connectivity index (χ0v) is 9.75. The van der Waals surface area contributed by atoms with Crippen LogP contribution in [0.25, 0.3) is 0 Å². The predicted octanol–water partition coefficient (Wildman–Crippen LogP) is 1.73. The summed E-state index contributed by atoms with van der Waals surface area (Å²) in [4.78, 5) is 0. The molecule has 3 nitrogen and oxygen atoms in total. The quantitative estimate of drug-likeness (QED) is 0.724. The molecule has 0 aliphatic heterocycles. The summed E-state index contributed by atoms with van der Waals surface area (Å²) in [5, 5.41) is 0. The summed E-state index contributed by atoms with van der Waals surface area (Å²) in [5.74, 6) is -5.81. The first kappa shape index (κ1) is 16.6. The number of sulfone groups is 1. The van der Waals surface area contributed by atoms with Gasteiger partial charge in [-0.1, -0.05) is 0 Å². The van der Waals surface area contributed by atoms with Crippen molar-refractivity contribution in [3.8, 4) is 0 Å². The second-order valence-electron chi connectivity index (χ2n) is 3.60. The highest BCUT2D eigenvalue weighted by atomic mass is 32.2. The van der Waals surface area contributed by atoms with Gasteiger partial charge >= 0.3 is 12.1 Å². The first-order valence-electron chi connectivity index (χ1n) is 4.87. The van der Waals surface area contributed by atoms with Gasteiger partial charge in [0.25, 0.3) is 0 Å². The lowest BCUT2D eigenvalue weighted by atomic mass is 10.2. The second kappa shape index (κ2) is 5.94. The monoisotopic (exact) mass is 283 g/mol. The van der Waals surface area contributed by atoms with E-state index < -0.39 is 40.5 Å². The van der Waals surface area contributed by atoms with Crippen LogP contribution in [0.1, 0.15) is 19.3 Å². The normalized spacial score (nSPS) is 14.0. The molecular weight excluding hydrogens is 269 g/mol. The lowest BCUT2D eigenvalue weighted by molar-refractivity contribution is -0.284. The number of alkyl halides is 5. The number of rotatable bonds is 7. The fourth-order valence-corrected chi connectivity index (χ4v) is 2.46. The zero-order chi connectivity index (χ0) is 13.7. The molecule has 0 spiro atoms. The van der Waals surface area contributed by atoms with Crippen LogP contribution in [0.15, 0.2) is 0 Å². The van der Waals surface area contributed by atoms with E-state index in [9.17, 15) is 30.4 Å². The molecule has 0 fully saturated rings. The number of hydrogen-bond donors (Lipinski definition) is 1. The van der Waals surface area contributed by atoms with Gasteiger partial charge in [-0.15, -0.1) is 0 Å². The molecule has 0 atom stereocenters. The van der Waals surface area contributed by atoms with Gasteiger partial charge in [0.2, 0.25) is 0 Å². The van der Waals surface area contributed by atoms with E-state index in [1.807, 2.05) is 0 Å². The summed E-state index contributed by atoms with van der Waals surface area (Å²) >= 11 is 0. The predicted molar refractivity (Wildman–Crippen MR) is 52.6 cm³/mol. The van der Waals surface area contributed by atoms with E-state index >= 15 is 0 Å². The Morgan fingerprint density at radius 2 is 1.41 bits per heavy atom. The Hall–Kier alpha value is -0.440. The summed E-state index contributed by atoms with van der Waals surface area (Å²) < 4.78 is 82.3. The van der Waals surface area contributed by atoms with Crippen LogP contribution in [0.5, 0.6) is 0 Å². The van der Waals surface area contributed by atoms with Crippen molar-refractivity contribution in [3.05, 3.63) is 0 Å². The van der Waals surface area contributed by atoms with Gasteiger partial charge in [0.1, 0.15) is 9.84 Å². The standard InChI is InChI=1S/C8H14F5NO2S/c9-7(10,8(11,12)13)3-1-5-17(15,16)6-2-4-14/h1-6,14H2. The minimum absolute atomic E-state index is 0.123. The third-order valence-corrected chi connectivity index (χ3v) is 3.84. The zero-order valence-electron chi connectivity index (χ0n) is 8.93. The molecule has 0 saturated carbocycles. The van der Waals surface area contributed by atoms with Crippen LogP contribution >= 0.6 is 0 Å². The first-order valence-corrected chi connectivity index (χ1v) is 6.69. The Balaban J connectivity index is 4.16. The van der Waals surface area contributed by atoms with Crippen LogP contribution in [-0.4, -0.2) is 38.6 Å². The molecule has 0 unspecified atom stereocenters. The maximum Gasteiger partial charge on any atom is 0.453 e. The summed E-state index contributed by atoms with van der Waals surface area (Å²) in [7, 11) is -3.59. The summed E-state index contributed by atoms with van der Waals surface area (Å²) in [6, 6.07) is 0. The van der Waals surface area contributed by atoms with Crippen molar-refractivity contribution in [3.63, 3.8) is 0 Å². The molecule has 0 aromatic carbocycles. The van der Waals surface area contributed by atoms with Crippen molar-refractivity contribution in [1.29, 1.82) is 0 Å². The van der Waals surface area contributed by atoms with Crippen molar-refractivity contribution >= 4 is 9.84 Å². The molecule has 0 aliphatic carbocycles. The fraction of sp³-hybridized carbons (Fsp3) is 1.00. The minimum atomic E-state index is -5.63. The largest absolute Gasteiger partial charge is 0.453 e. The van der Waals surface area contributed by atoms with E-state index in [0.717, 1.165) is 0 Å². The van der Waals surface area contributed by atoms with E-state index in [-0.39, 0.29) is 18.7 Å². The molecule has 0 aromatic heterocycles. The molecule has 2 N–H and O–H groups in total. The summed E-state index contributed by atoms with van der Waals surface area (Å²) in [6.45, 7) is 0.123. The Bertz CT molecular complexity index is 325. The number of hydrogen-bond acceptors (Lipinski definition) is 3. The van der Waals surface area contributed by atoms with Crippen LogP contribution in [0, 0.1) is 0 Å². The topological polar surface area (TPSA) is 60.2 Å². The molecule has 0 heterocycles. The van der Waals surface area contributed by atoms with Gasteiger partial charge < -0.3 is 5.73 Å². The molecule has 0 saturated heterocycles. The van der Waals surface area contributed by atoms with E-state index in [1.54, 1.807) is 0 Å². The van der Waals surface area contributed by atoms with E-state index in [4.69, 9.17) is 5.73 Å². The molecule has 0 bridgehead atoms. The SMILES string of the molecule is NCCCS(=O)(=O)CCCC(F)(F)C(F)(F)F. The average Bonchev–Trinajstić information content (AvgIpc) is 2.12. The van der Waals surface area contributed by atoms with Gasteiger partial charge in [-0.05, 0) is 19.4 Å². The highest BCUT2D eigenvalue weighted by Crippen LogP contribution is 2.38. The van der Waals surface area contributed by atoms with Crippen LogP contribution < -0.4 is 5.73 Å². The molecule has 104 valence electrons. The molecule has 0 radical (unpaired) electrons. The Kier molecular flexibility index (Phi) is 5.79. The maximum absolute atomic E-state index is 12.4. The second-order valence-corrected chi connectivity index (χ2v) is 5.90. The van der Waals surface area contributed by atoms with Crippen LogP contribution in [0.2, 0.25) is 0 Å². The fourth-order valence-electron chi connectivity index (χ4n) is 1.06. The molecule has 0 rings (SSSR count). The molecule has 9 heteroatoms. The molecule has 0 aromatic rings. The highest BCUT2D eigenvalue weighted by molar-refractivity contribution is 7.91. The molecular formula is C8H14F5NO2S. The van der Waals surface area contributed by atoms with Crippen molar-refractivity contribution in [1.82, 2.24) is 0 Å². The Morgan fingerprint density at radius 1 is 0.941 bits per heavy atom. The van der Waals surface area contributed by atoms with E-state index in [1.165, 1.54) is 0 Å². The summed E-state index contributed by atoms with van der Waals surface area (Å²) in [6.07, 6.45) is -7.70. The summed E-state index contributed by atoms with van der Waals surface area (Å²) in [5.41, 5.74) is 5.06. The van der Waals surface area contributed by atoms with E-state index in [2.05, 4.69) is 0 Å². The first-order chi connectivity index (χ1) is 7.52. The average molecular weight is 283 g/mol. The van der Waals surface area contributed by atoms with Gasteiger partial charge in [-0.3, -0.25) is 0 Å². The third kappa shape index (κ3) is 6.16. The van der Waals surface area contributed by atoms with Crippen LogP contribution in [-0.2, 0) is 9.84 Å². The third-order valence-electron chi connectivity index (χ3n) is 2.02.